The Hall–Kier alpha value is -3.76. The van der Waals surface area contributed by atoms with E-state index in [2.05, 4.69) is 14.9 Å². The Morgan fingerprint density at radius 1 is 1.08 bits per heavy atom. The number of fused-ring (bicyclic) bond motifs is 1. The molecule has 11 nitrogen and oxygen atoms in total. The number of nitrogens with zero attached hydrogens (tertiary/aromatic N) is 4. The van der Waals surface area contributed by atoms with Crippen molar-refractivity contribution >= 4 is 11.6 Å². The Morgan fingerprint density at radius 3 is 2.27 bits per heavy atom. The molecule has 0 radical (unpaired) electrons. The first-order valence-corrected chi connectivity index (χ1v) is 7.28. The minimum absolute atomic E-state index is 0.0395. The maximum Gasteiger partial charge on any atom is 0.284 e. The second-order valence-corrected chi connectivity index (χ2v) is 5.61. The Morgan fingerprint density at radius 2 is 1.69 bits per heavy atom. The summed E-state index contributed by atoms with van der Waals surface area (Å²) >= 11 is 0. The van der Waals surface area contributed by atoms with Gasteiger partial charge in [0.25, 0.3) is 11.7 Å². The fourth-order valence-electron chi connectivity index (χ4n) is 2.65. The topological polar surface area (TPSA) is 159 Å². The van der Waals surface area contributed by atoms with E-state index < -0.39 is 44.8 Å². The number of hydrogen-bond acceptors (Lipinski definition) is 9. The third-order valence-electron chi connectivity index (χ3n) is 3.96. The molecule has 3 rings (SSSR count). The van der Waals surface area contributed by atoms with Crippen LogP contribution in [0, 0.1) is 27.2 Å². The minimum Gasteiger partial charge on any atom is -0.289 e. The van der Waals surface area contributed by atoms with Crippen LogP contribution >= 0.6 is 0 Å². The number of rotatable bonds is 5. The fraction of sp³-hybridized carbons (Fsp3) is 0.200. The van der Waals surface area contributed by atoms with Crippen LogP contribution in [0.4, 0.5) is 0 Å². The van der Waals surface area contributed by atoms with Gasteiger partial charge in [-0.05, 0) is 12.1 Å². The smallest absolute Gasteiger partial charge is 0.284 e. The first-order chi connectivity index (χ1) is 12.3. The van der Waals surface area contributed by atoms with Gasteiger partial charge in [0.2, 0.25) is 11.6 Å². The molecule has 0 N–H and O–H groups in total. The Labute approximate surface area is 144 Å². The van der Waals surface area contributed by atoms with E-state index in [0.29, 0.717) is 6.08 Å². The average Bonchev–Trinajstić information content (AvgIpc) is 3.08. The summed E-state index contributed by atoms with van der Waals surface area (Å²) in [6, 6.07) is 4.36. The van der Waals surface area contributed by atoms with Crippen molar-refractivity contribution in [3.8, 4) is 0 Å². The molecule has 2 aromatic rings. The van der Waals surface area contributed by atoms with Gasteiger partial charge in [-0.2, -0.15) is 0 Å². The number of carbonyl (C=O) groups is 2. The third kappa shape index (κ3) is 2.75. The molecule has 2 unspecified atom stereocenters. The molecular formula is C15H10N4O7. The lowest BCUT2D eigenvalue weighted by molar-refractivity contribution is -0.520. The number of carbonyl (C=O) groups excluding carboxylic acids is 2. The van der Waals surface area contributed by atoms with Gasteiger partial charge in [0, 0.05) is 10.5 Å². The SMILES string of the molecule is Cc1ccc(C(=O)C(=O)C2C([N+](=O)[O-])=CC([N+](=O)[O-])c3nonc32)cc1. The molecule has 0 saturated carbocycles. The number of nitro groups is 2. The van der Waals surface area contributed by atoms with Crippen molar-refractivity contribution in [1.29, 1.82) is 0 Å². The summed E-state index contributed by atoms with van der Waals surface area (Å²) in [5.74, 6) is -3.84. The molecule has 1 aliphatic carbocycles. The fourth-order valence-corrected chi connectivity index (χ4v) is 2.65. The van der Waals surface area contributed by atoms with E-state index in [1.54, 1.807) is 19.1 Å². The molecule has 1 aromatic carbocycles. The lowest BCUT2D eigenvalue weighted by atomic mass is 9.84. The first-order valence-electron chi connectivity index (χ1n) is 7.28. The number of aromatic nitrogens is 2. The Kier molecular flexibility index (Phi) is 4.12. The highest BCUT2D eigenvalue weighted by Gasteiger charge is 2.49. The van der Waals surface area contributed by atoms with Crippen LogP contribution in [0.3, 0.4) is 0 Å². The number of hydrogen-bond donors (Lipinski definition) is 0. The van der Waals surface area contributed by atoms with Crippen molar-refractivity contribution in [3.63, 3.8) is 0 Å². The van der Waals surface area contributed by atoms with Crippen molar-refractivity contribution in [1.82, 2.24) is 10.3 Å². The van der Waals surface area contributed by atoms with E-state index in [9.17, 15) is 29.8 Å². The predicted molar refractivity (Wildman–Crippen MR) is 82.4 cm³/mol. The van der Waals surface area contributed by atoms with Crippen molar-refractivity contribution in [2.24, 2.45) is 0 Å². The first kappa shape index (κ1) is 17.1. The summed E-state index contributed by atoms with van der Waals surface area (Å²) in [6.07, 6.45) is 0.678. The molecule has 0 fully saturated rings. The van der Waals surface area contributed by atoms with Gasteiger partial charge < -0.3 is 0 Å². The van der Waals surface area contributed by atoms with Crippen molar-refractivity contribution in [3.05, 3.63) is 78.8 Å². The van der Waals surface area contributed by atoms with Crippen LogP contribution in [0.1, 0.15) is 39.3 Å². The maximum atomic E-state index is 12.7. The van der Waals surface area contributed by atoms with Crippen LogP contribution in [0.5, 0.6) is 0 Å². The summed E-state index contributed by atoms with van der Waals surface area (Å²) in [5, 5.41) is 29.2. The molecule has 2 atom stereocenters. The molecule has 0 bridgehead atoms. The normalized spacial score (nSPS) is 18.6. The third-order valence-corrected chi connectivity index (χ3v) is 3.96. The van der Waals surface area contributed by atoms with Gasteiger partial charge in [0.1, 0.15) is 5.69 Å². The van der Waals surface area contributed by atoms with Gasteiger partial charge in [0.15, 0.2) is 11.6 Å². The summed E-state index contributed by atoms with van der Waals surface area (Å²) < 4.78 is 4.43. The van der Waals surface area contributed by atoms with Gasteiger partial charge in [-0.1, -0.05) is 35.0 Å². The standard InChI is InChI=1S/C15H10N4O7/c1-7-2-4-8(5-3-7)14(20)15(21)11-9(18(22)23)6-10(19(24)25)12-13(11)17-26-16-12/h2-6,10-11H,1H3. The summed E-state index contributed by atoms with van der Waals surface area (Å²) in [5.41, 5.74) is -0.644. The number of benzene rings is 1. The second kappa shape index (κ2) is 6.27. The minimum atomic E-state index is -1.73. The molecule has 1 heterocycles. The van der Waals surface area contributed by atoms with Gasteiger partial charge in [-0.3, -0.25) is 29.8 Å². The summed E-state index contributed by atoms with van der Waals surface area (Å²) in [6.45, 7) is 1.79. The molecule has 0 spiro atoms. The van der Waals surface area contributed by atoms with Gasteiger partial charge >= 0.3 is 0 Å². The largest absolute Gasteiger partial charge is 0.289 e. The monoisotopic (exact) mass is 358 g/mol. The van der Waals surface area contributed by atoms with Crippen LogP contribution in [-0.2, 0) is 4.79 Å². The summed E-state index contributed by atoms with van der Waals surface area (Å²) in [7, 11) is 0. The zero-order chi connectivity index (χ0) is 19.0. The highest BCUT2D eigenvalue weighted by molar-refractivity contribution is 6.45. The molecule has 1 aliphatic rings. The average molecular weight is 358 g/mol. The van der Waals surface area contributed by atoms with Crippen LogP contribution in [0.25, 0.3) is 0 Å². The highest BCUT2D eigenvalue weighted by Crippen LogP contribution is 2.38. The Balaban J connectivity index is 2.07. The lowest BCUT2D eigenvalue weighted by Crippen LogP contribution is -2.31. The van der Waals surface area contributed by atoms with Crippen molar-refractivity contribution in [2.75, 3.05) is 0 Å². The van der Waals surface area contributed by atoms with Crippen LogP contribution < -0.4 is 0 Å². The molecule has 0 saturated heterocycles. The second-order valence-electron chi connectivity index (χ2n) is 5.61. The Bertz CT molecular complexity index is 961. The molecule has 0 aliphatic heterocycles. The van der Waals surface area contributed by atoms with E-state index in [4.69, 9.17) is 0 Å². The lowest BCUT2D eigenvalue weighted by Gasteiger charge is -2.16. The highest BCUT2D eigenvalue weighted by atomic mass is 16.6. The molecule has 11 heteroatoms. The number of ketones is 2. The van der Waals surface area contributed by atoms with Crippen molar-refractivity contribution < 1.29 is 24.1 Å². The van der Waals surface area contributed by atoms with E-state index in [1.807, 2.05) is 0 Å². The molecule has 1 aromatic heterocycles. The molecule has 0 amide bonds. The van der Waals surface area contributed by atoms with E-state index >= 15 is 0 Å². The van der Waals surface area contributed by atoms with Gasteiger partial charge in [-0.25, -0.2) is 4.63 Å². The molecule has 132 valence electrons. The van der Waals surface area contributed by atoms with E-state index in [0.717, 1.165) is 5.56 Å². The zero-order valence-electron chi connectivity index (χ0n) is 13.2. The molecule has 26 heavy (non-hydrogen) atoms. The number of Topliss-reactive ketones (excluding diaryl/α,β-unsaturated/α-hetero) is 2. The van der Waals surface area contributed by atoms with Gasteiger partial charge in [-0.15, -0.1) is 0 Å². The quantitative estimate of drug-likeness (QED) is 0.333. The number of aryl methyl sites for hydroxylation is 1. The van der Waals surface area contributed by atoms with E-state index in [-0.39, 0.29) is 11.3 Å². The van der Waals surface area contributed by atoms with Crippen LogP contribution in [-0.4, -0.2) is 31.7 Å². The van der Waals surface area contributed by atoms with E-state index in [1.165, 1.54) is 12.1 Å². The van der Waals surface area contributed by atoms with Crippen LogP contribution in [0.15, 0.2) is 40.7 Å². The van der Waals surface area contributed by atoms with Gasteiger partial charge in [0.05, 0.1) is 11.0 Å². The number of allylic oxidation sites excluding steroid dienone is 1. The van der Waals surface area contributed by atoms with Crippen LogP contribution in [0.2, 0.25) is 0 Å². The summed E-state index contributed by atoms with van der Waals surface area (Å²) in [4.78, 5) is 45.8. The zero-order valence-corrected chi connectivity index (χ0v) is 13.2. The molecular weight excluding hydrogens is 348 g/mol. The van der Waals surface area contributed by atoms with Crippen molar-refractivity contribution in [2.45, 2.75) is 18.9 Å². The maximum absolute atomic E-state index is 12.7. The predicted octanol–water partition coefficient (Wildman–Crippen LogP) is 1.41.